The molecule has 1 aromatic carbocycles. The predicted molar refractivity (Wildman–Crippen MR) is 64.8 cm³/mol. The molecule has 0 amide bonds. The number of rotatable bonds is 1. The Morgan fingerprint density at radius 1 is 1.38 bits per heavy atom. The number of para-hydroxylation sites is 1. The first-order valence-corrected chi connectivity index (χ1v) is 6.10. The van der Waals surface area contributed by atoms with E-state index in [0.717, 1.165) is 18.5 Å². The molecule has 0 bridgehead atoms. The molecule has 3 N–H and O–H groups in total. The molecule has 0 saturated carbocycles. The normalized spacial score (nSPS) is 27.7. The van der Waals surface area contributed by atoms with Gasteiger partial charge in [-0.2, -0.15) is 0 Å². The van der Waals surface area contributed by atoms with Crippen molar-refractivity contribution in [3.05, 3.63) is 23.8 Å². The molecule has 2 atom stereocenters. The maximum Gasteiger partial charge on any atom is 0.139 e. The molecule has 3 rings (SSSR count). The van der Waals surface area contributed by atoms with Gasteiger partial charge in [-0.25, -0.2) is 0 Å². The van der Waals surface area contributed by atoms with E-state index in [1.165, 1.54) is 18.4 Å². The average Bonchev–Trinajstić information content (AvgIpc) is 2.68. The Kier molecular flexibility index (Phi) is 2.28. The summed E-state index contributed by atoms with van der Waals surface area (Å²) in [6.07, 6.45) is 4.71. The monoisotopic (exact) mass is 218 g/mol. The topological polar surface area (TPSA) is 49.5 Å². The lowest BCUT2D eigenvalue weighted by Crippen LogP contribution is -2.48. The number of nitrogens with zero attached hydrogens (tertiary/aromatic N) is 1. The third kappa shape index (κ3) is 1.31. The third-order valence-electron chi connectivity index (χ3n) is 3.95. The van der Waals surface area contributed by atoms with Crippen LogP contribution in [0.2, 0.25) is 0 Å². The van der Waals surface area contributed by atoms with Gasteiger partial charge in [0.15, 0.2) is 0 Å². The number of phenols is 1. The van der Waals surface area contributed by atoms with E-state index in [0.29, 0.717) is 24.4 Å². The number of benzene rings is 1. The number of nitrogens with two attached hydrogens (primary N) is 1. The summed E-state index contributed by atoms with van der Waals surface area (Å²) < 4.78 is 0. The zero-order chi connectivity index (χ0) is 11.1. The lowest BCUT2D eigenvalue weighted by molar-refractivity contribution is 0.393. The number of aromatic hydroxyl groups is 1. The minimum Gasteiger partial charge on any atom is -0.506 e. The molecule has 2 unspecified atom stereocenters. The molecule has 16 heavy (non-hydrogen) atoms. The number of piperidine rings is 1. The van der Waals surface area contributed by atoms with Gasteiger partial charge in [0.25, 0.3) is 0 Å². The fraction of sp³-hybridized carbons (Fsp3) is 0.538. The first kappa shape index (κ1) is 9.97. The van der Waals surface area contributed by atoms with Crippen molar-refractivity contribution in [2.75, 3.05) is 11.4 Å². The van der Waals surface area contributed by atoms with Gasteiger partial charge in [-0.05, 0) is 37.3 Å². The van der Waals surface area contributed by atoms with Crippen molar-refractivity contribution in [3.63, 3.8) is 0 Å². The van der Waals surface area contributed by atoms with Crippen molar-refractivity contribution in [1.82, 2.24) is 0 Å². The molecule has 0 aromatic heterocycles. The molecule has 0 radical (unpaired) electrons. The molecule has 3 nitrogen and oxygen atoms in total. The third-order valence-corrected chi connectivity index (χ3v) is 3.95. The Labute approximate surface area is 95.9 Å². The number of anilines is 1. The lowest BCUT2D eigenvalue weighted by Gasteiger charge is -2.39. The van der Waals surface area contributed by atoms with Crippen LogP contribution >= 0.6 is 0 Å². The van der Waals surface area contributed by atoms with Crippen molar-refractivity contribution in [2.45, 2.75) is 37.8 Å². The lowest BCUT2D eigenvalue weighted by atomic mass is 9.96. The molecular formula is C13H18N2O. The molecule has 86 valence electrons. The van der Waals surface area contributed by atoms with Gasteiger partial charge in [-0.1, -0.05) is 12.1 Å². The number of hydrogen-bond acceptors (Lipinski definition) is 3. The molecule has 0 aliphatic carbocycles. The van der Waals surface area contributed by atoms with Gasteiger partial charge >= 0.3 is 0 Å². The van der Waals surface area contributed by atoms with Crippen molar-refractivity contribution in [1.29, 1.82) is 0 Å². The van der Waals surface area contributed by atoms with E-state index in [4.69, 9.17) is 5.73 Å². The highest BCUT2D eigenvalue weighted by atomic mass is 16.3. The zero-order valence-corrected chi connectivity index (χ0v) is 9.39. The predicted octanol–water partition coefficient (Wildman–Crippen LogP) is 1.63. The molecule has 0 spiro atoms. The largest absolute Gasteiger partial charge is 0.506 e. The van der Waals surface area contributed by atoms with E-state index in [1.807, 2.05) is 6.07 Å². The van der Waals surface area contributed by atoms with Crippen molar-refractivity contribution in [2.24, 2.45) is 5.73 Å². The summed E-state index contributed by atoms with van der Waals surface area (Å²) in [6, 6.07) is 6.81. The second kappa shape index (κ2) is 3.67. The smallest absolute Gasteiger partial charge is 0.139 e. The van der Waals surface area contributed by atoms with Crippen LogP contribution < -0.4 is 10.6 Å². The van der Waals surface area contributed by atoms with Gasteiger partial charge in [0.2, 0.25) is 0 Å². The Morgan fingerprint density at radius 2 is 2.25 bits per heavy atom. The maximum absolute atomic E-state index is 10.0. The summed E-state index contributed by atoms with van der Waals surface area (Å²) in [4.78, 5) is 2.37. The molecule has 1 fully saturated rings. The van der Waals surface area contributed by atoms with Crippen LogP contribution in [-0.2, 0) is 6.42 Å². The molecule has 1 saturated heterocycles. The molecule has 2 heterocycles. The second-order valence-electron chi connectivity index (χ2n) is 4.87. The Hall–Kier alpha value is -1.22. The van der Waals surface area contributed by atoms with Crippen molar-refractivity contribution >= 4 is 5.69 Å². The molecule has 2 aliphatic rings. The van der Waals surface area contributed by atoms with Crippen molar-refractivity contribution in [3.8, 4) is 5.75 Å². The van der Waals surface area contributed by atoms with Crippen LogP contribution in [0, 0.1) is 0 Å². The highest BCUT2D eigenvalue weighted by molar-refractivity contribution is 5.68. The van der Waals surface area contributed by atoms with Gasteiger partial charge in [0, 0.05) is 18.6 Å². The Bertz CT molecular complexity index is 399. The summed E-state index contributed by atoms with van der Waals surface area (Å²) in [5.74, 6) is 0.417. The quantitative estimate of drug-likeness (QED) is 0.753. The van der Waals surface area contributed by atoms with E-state index >= 15 is 0 Å². The van der Waals surface area contributed by atoms with Crippen LogP contribution in [0.25, 0.3) is 0 Å². The van der Waals surface area contributed by atoms with Gasteiger partial charge < -0.3 is 15.7 Å². The Morgan fingerprint density at radius 3 is 3.06 bits per heavy atom. The standard InChI is InChI=1S/C13H18N2O/c14-8-11-5-2-4-10-7-9-3-1-6-12(16)13(9)15(10)11/h1,3,6,10-11,16H,2,4-5,7-8,14H2. The van der Waals surface area contributed by atoms with E-state index in [2.05, 4.69) is 11.0 Å². The minimum atomic E-state index is 0.410. The molecular weight excluding hydrogens is 200 g/mol. The van der Waals surface area contributed by atoms with Crippen LogP contribution in [0.4, 0.5) is 5.69 Å². The van der Waals surface area contributed by atoms with Gasteiger partial charge in [0.05, 0.1) is 5.69 Å². The van der Waals surface area contributed by atoms with E-state index in [-0.39, 0.29) is 0 Å². The summed E-state index contributed by atoms with van der Waals surface area (Å²) in [6.45, 7) is 0.685. The van der Waals surface area contributed by atoms with Crippen molar-refractivity contribution < 1.29 is 5.11 Å². The minimum absolute atomic E-state index is 0.410. The second-order valence-corrected chi connectivity index (χ2v) is 4.87. The van der Waals surface area contributed by atoms with Gasteiger partial charge in [-0.15, -0.1) is 0 Å². The van der Waals surface area contributed by atoms with Gasteiger partial charge in [-0.3, -0.25) is 0 Å². The first-order chi connectivity index (χ1) is 7.81. The summed E-state index contributed by atoms with van der Waals surface area (Å²) in [5, 5.41) is 10.0. The van der Waals surface area contributed by atoms with Crippen LogP contribution in [0.3, 0.4) is 0 Å². The van der Waals surface area contributed by atoms with E-state index < -0.39 is 0 Å². The summed E-state index contributed by atoms with van der Waals surface area (Å²) >= 11 is 0. The van der Waals surface area contributed by atoms with Crippen LogP contribution in [-0.4, -0.2) is 23.7 Å². The van der Waals surface area contributed by atoms with Crippen LogP contribution in [0.5, 0.6) is 5.75 Å². The van der Waals surface area contributed by atoms with Crippen LogP contribution in [0.15, 0.2) is 18.2 Å². The average molecular weight is 218 g/mol. The number of hydrogen-bond donors (Lipinski definition) is 2. The first-order valence-electron chi connectivity index (χ1n) is 6.10. The van der Waals surface area contributed by atoms with Crippen LogP contribution in [0.1, 0.15) is 24.8 Å². The summed E-state index contributed by atoms with van der Waals surface area (Å²) in [7, 11) is 0. The molecule has 3 heteroatoms. The zero-order valence-electron chi connectivity index (χ0n) is 9.39. The fourth-order valence-electron chi connectivity index (χ4n) is 3.26. The van der Waals surface area contributed by atoms with E-state index in [9.17, 15) is 5.11 Å². The SMILES string of the molecule is NCC1CCCC2Cc3cccc(O)c3N12. The number of fused-ring (bicyclic) bond motifs is 3. The molecule has 2 aliphatic heterocycles. The Balaban J connectivity index is 2.05. The molecule has 1 aromatic rings. The fourth-order valence-corrected chi connectivity index (χ4v) is 3.26. The number of phenolic OH excluding ortho intramolecular Hbond substituents is 1. The van der Waals surface area contributed by atoms with E-state index in [1.54, 1.807) is 6.07 Å². The van der Waals surface area contributed by atoms with Gasteiger partial charge in [0.1, 0.15) is 5.75 Å². The highest BCUT2D eigenvalue weighted by Crippen LogP contribution is 2.44. The maximum atomic E-state index is 10.0. The highest BCUT2D eigenvalue weighted by Gasteiger charge is 2.37. The summed E-state index contributed by atoms with van der Waals surface area (Å²) in [5.41, 5.74) is 8.17.